The number of anilines is 1. The van der Waals surface area contributed by atoms with Gasteiger partial charge in [-0.25, -0.2) is 9.99 Å². The molecule has 7 nitrogen and oxygen atoms in total. The predicted octanol–water partition coefficient (Wildman–Crippen LogP) is 1.72. The molecule has 1 aromatic carbocycles. The molecule has 1 fully saturated rings. The second-order valence-corrected chi connectivity index (χ2v) is 5.19. The van der Waals surface area contributed by atoms with Crippen molar-refractivity contribution in [3.63, 3.8) is 0 Å². The van der Waals surface area contributed by atoms with Crippen LogP contribution in [0.2, 0.25) is 0 Å². The van der Waals surface area contributed by atoms with Gasteiger partial charge in [-0.15, -0.1) is 0 Å². The largest absolute Gasteiger partial charge is 0.312 e. The first-order valence-corrected chi connectivity index (χ1v) is 6.87. The number of nitrogens with one attached hydrogen (secondary N) is 1. The van der Waals surface area contributed by atoms with Gasteiger partial charge in [-0.05, 0) is 13.1 Å². The fourth-order valence-electron chi connectivity index (χ4n) is 2.46. The molecule has 1 saturated heterocycles. The number of hydrogen-bond acceptors (Lipinski definition) is 6. The summed E-state index contributed by atoms with van der Waals surface area (Å²) in [4.78, 5) is 17.3. The van der Waals surface area contributed by atoms with E-state index in [2.05, 4.69) is 22.4 Å². The number of piperazine rings is 1. The van der Waals surface area contributed by atoms with Gasteiger partial charge in [0.1, 0.15) is 11.9 Å². The van der Waals surface area contributed by atoms with Gasteiger partial charge in [0, 0.05) is 31.6 Å². The summed E-state index contributed by atoms with van der Waals surface area (Å²) in [6.45, 7) is 3.52. The Hall–Kier alpha value is -2.25. The number of aromatic nitrogens is 1. The Balaban J connectivity index is 1.98. The molecular weight excluding hydrogens is 270 g/mol. The van der Waals surface area contributed by atoms with Gasteiger partial charge in [-0.1, -0.05) is 18.2 Å². The van der Waals surface area contributed by atoms with Crippen LogP contribution in [-0.4, -0.2) is 53.0 Å². The van der Waals surface area contributed by atoms with Crippen molar-refractivity contribution >= 4 is 22.3 Å². The monoisotopic (exact) mass is 287 g/mol. The van der Waals surface area contributed by atoms with E-state index in [1.54, 1.807) is 0 Å². The molecule has 2 heterocycles. The van der Waals surface area contributed by atoms with E-state index in [-0.39, 0.29) is 5.69 Å². The van der Waals surface area contributed by atoms with E-state index in [0.717, 1.165) is 37.1 Å². The standard InChI is InChI=1S/C14H17N5O2/c1-17-6-8-18(9-7-17)16-14-11-4-2-3-5-12(11)15-10-13(14)19(20)21/h2-5,10H,6-9H2,1H3,(H,15,16). The number of nitro groups is 1. The van der Waals surface area contributed by atoms with Crippen LogP contribution in [0.4, 0.5) is 11.4 Å². The van der Waals surface area contributed by atoms with E-state index in [0.29, 0.717) is 5.69 Å². The van der Waals surface area contributed by atoms with Crippen LogP contribution in [0, 0.1) is 10.1 Å². The lowest BCUT2D eigenvalue weighted by Gasteiger charge is -2.33. The van der Waals surface area contributed by atoms with Gasteiger partial charge < -0.3 is 10.3 Å². The fraction of sp³-hybridized carbons (Fsp3) is 0.357. The van der Waals surface area contributed by atoms with Crippen LogP contribution >= 0.6 is 0 Å². The molecule has 0 aliphatic carbocycles. The molecule has 2 aromatic rings. The Kier molecular flexibility index (Phi) is 3.68. The summed E-state index contributed by atoms with van der Waals surface area (Å²) in [5.41, 5.74) is 4.50. The SMILES string of the molecule is CN1CCN(Nc2c([N+](=O)[O-])cnc3ccccc23)CC1. The number of likely N-dealkylation sites (N-methyl/N-ethyl adjacent to an activating group) is 1. The number of fused-ring (bicyclic) bond motifs is 1. The Morgan fingerprint density at radius 3 is 2.67 bits per heavy atom. The Morgan fingerprint density at radius 1 is 1.24 bits per heavy atom. The second kappa shape index (κ2) is 5.63. The van der Waals surface area contributed by atoms with E-state index >= 15 is 0 Å². The molecule has 3 rings (SSSR count). The number of hydrazine groups is 1. The summed E-state index contributed by atoms with van der Waals surface area (Å²) in [5, 5.41) is 14.0. The first kappa shape index (κ1) is 13.7. The third-order valence-electron chi connectivity index (χ3n) is 3.73. The molecule has 1 aliphatic heterocycles. The van der Waals surface area contributed by atoms with E-state index in [9.17, 15) is 10.1 Å². The average Bonchev–Trinajstić information content (AvgIpc) is 2.49. The summed E-state index contributed by atoms with van der Waals surface area (Å²) in [7, 11) is 2.07. The molecule has 0 saturated carbocycles. The summed E-state index contributed by atoms with van der Waals surface area (Å²) >= 11 is 0. The Bertz CT molecular complexity index is 667. The summed E-state index contributed by atoms with van der Waals surface area (Å²) in [5.74, 6) is 0. The minimum absolute atomic E-state index is 0.00706. The number of pyridine rings is 1. The second-order valence-electron chi connectivity index (χ2n) is 5.19. The normalized spacial score (nSPS) is 17.0. The maximum absolute atomic E-state index is 11.3. The molecule has 0 radical (unpaired) electrons. The Labute approximate surface area is 122 Å². The molecule has 0 spiro atoms. The predicted molar refractivity (Wildman–Crippen MR) is 81.1 cm³/mol. The molecule has 1 aliphatic rings. The lowest BCUT2D eigenvalue weighted by Crippen LogP contribution is -2.47. The zero-order valence-corrected chi connectivity index (χ0v) is 11.8. The highest BCUT2D eigenvalue weighted by atomic mass is 16.6. The highest BCUT2D eigenvalue weighted by Crippen LogP contribution is 2.31. The van der Waals surface area contributed by atoms with Crippen molar-refractivity contribution in [2.45, 2.75) is 0 Å². The lowest BCUT2D eigenvalue weighted by atomic mass is 10.1. The Morgan fingerprint density at radius 2 is 1.95 bits per heavy atom. The van der Waals surface area contributed by atoms with Gasteiger partial charge in [0.15, 0.2) is 0 Å². The highest BCUT2D eigenvalue weighted by molar-refractivity contribution is 5.95. The topological polar surface area (TPSA) is 74.5 Å². The van der Waals surface area contributed by atoms with Crippen molar-refractivity contribution in [1.29, 1.82) is 0 Å². The maximum Gasteiger partial charge on any atom is 0.312 e. The van der Waals surface area contributed by atoms with Crippen molar-refractivity contribution in [3.8, 4) is 0 Å². The highest BCUT2D eigenvalue weighted by Gasteiger charge is 2.21. The van der Waals surface area contributed by atoms with Crippen LogP contribution in [0.5, 0.6) is 0 Å². The number of benzene rings is 1. The summed E-state index contributed by atoms with van der Waals surface area (Å²) in [6.07, 6.45) is 1.32. The number of hydrogen-bond donors (Lipinski definition) is 1. The molecule has 0 amide bonds. The molecule has 0 bridgehead atoms. The van der Waals surface area contributed by atoms with Crippen LogP contribution in [0.25, 0.3) is 10.9 Å². The van der Waals surface area contributed by atoms with Gasteiger partial charge >= 0.3 is 5.69 Å². The van der Waals surface area contributed by atoms with Crippen molar-refractivity contribution in [1.82, 2.24) is 14.9 Å². The lowest BCUT2D eigenvalue weighted by molar-refractivity contribution is -0.384. The number of para-hydroxylation sites is 1. The maximum atomic E-state index is 11.3. The van der Waals surface area contributed by atoms with E-state index in [4.69, 9.17) is 0 Å². The first-order chi connectivity index (χ1) is 10.1. The number of rotatable bonds is 3. The van der Waals surface area contributed by atoms with Crippen molar-refractivity contribution in [2.24, 2.45) is 0 Å². The molecule has 110 valence electrons. The quantitative estimate of drug-likeness (QED) is 0.684. The van der Waals surface area contributed by atoms with Crippen LogP contribution in [0.3, 0.4) is 0 Å². The van der Waals surface area contributed by atoms with Gasteiger partial charge in [-0.3, -0.25) is 10.1 Å². The molecule has 0 atom stereocenters. The smallest absolute Gasteiger partial charge is 0.312 e. The van der Waals surface area contributed by atoms with Gasteiger partial charge in [0.2, 0.25) is 0 Å². The van der Waals surface area contributed by atoms with Crippen molar-refractivity contribution in [3.05, 3.63) is 40.6 Å². The molecule has 21 heavy (non-hydrogen) atoms. The minimum Gasteiger partial charge on any atom is -0.312 e. The summed E-state index contributed by atoms with van der Waals surface area (Å²) in [6, 6.07) is 7.45. The van der Waals surface area contributed by atoms with Crippen molar-refractivity contribution < 1.29 is 4.92 Å². The fourth-order valence-corrected chi connectivity index (χ4v) is 2.46. The van der Waals surface area contributed by atoms with Gasteiger partial charge in [0.25, 0.3) is 0 Å². The molecule has 0 unspecified atom stereocenters. The molecule has 1 N–H and O–H groups in total. The molecule has 7 heteroatoms. The van der Waals surface area contributed by atoms with Crippen LogP contribution in [0.15, 0.2) is 30.5 Å². The minimum atomic E-state index is -0.391. The van der Waals surface area contributed by atoms with Crippen molar-refractivity contribution in [2.75, 3.05) is 38.7 Å². The van der Waals surface area contributed by atoms with Crippen LogP contribution < -0.4 is 5.43 Å². The zero-order valence-electron chi connectivity index (χ0n) is 11.8. The van der Waals surface area contributed by atoms with E-state index in [1.807, 2.05) is 29.3 Å². The number of nitrogens with zero attached hydrogens (tertiary/aromatic N) is 4. The van der Waals surface area contributed by atoms with Crippen LogP contribution in [0.1, 0.15) is 0 Å². The van der Waals surface area contributed by atoms with E-state index < -0.39 is 4.92 Å². The third kappa shape index (κ3) is 2.79. The first-order valence-electron chi connectivity index (χ1n) is 6.87. The summed E-state index contributed by atoms with van der Waals surface area (Å²) < 4.78 is 0. The van der Waals surface area contributed by atoms with Gasteiger partial charge in [0.05, 0.1) is 10.4 Å². The molecular formula is C14H17N5O2. The van der Waals surface area contributed by atoms with E-state index in [1.165, 1.54) is 6.20 Å². The van der Waals surface area contributed by atoms with Gasteiger partial charge in [-0.2, -0.15) is 0 Å². The average molecular weight is 287 g/mol. The zero-order chi connectivity index (χ0) is 14.8. The third-order valence-corrected chi connectivity index (χ3v) is 3.73. The molecule has 1 aromatic heterocycles. The van der Waals surface area contributed by atoms with Crippen LogP contribution in [-0.2, 0) is 0 Å².